The van der Waals surface area contributed by atoms with Crippen molar-refractivity contribution in [3.63, 3.8) is 0 Å². The van der Waals surface area contributed by atoms with Crippen LogP contribution in [0.15, 0.2) is 65.1 Å². The first-order chi connectivity index (χ1) is 16.7. The molecule has 1 fully saturated rings. The highest BCUT2D eigenvalue weighted by atomic mass is 16.6. The van der Waals surface area contributed by atoms with Gasteiger partial charge in [-0.1, -0.05) is 42.5 Å². The Hall–Kier alpha value is -4.07. The Labute approximate surface area is 202 Å². The van der Waals surface area contributed by atoms with Crippen molar-refractivity contribution < 1.29 is 28.6 Å². The maximum absolute atomic E-state index is 12.7. The molecule has 0 radical (unpaired) electrons. The molecule has 0 spiro atoms. The molecule has 0 bridgehead atoms. The van der Waals surface area contributed by atoms with Gasteiger partial charge in [0.1, 0.15) is 28.8 Å². The summed E-state index contributed by atoms with van der Waals surface area (Å²) in [5.74, 6) is -0.652. The van der Waals surface area contributed by atoms with E-state index in [0.717, 1.165) is 10.9 Å². The maximum Gasteiger partial charge on any atom is 0.411 e. The monoisotopic (exact) mass is 474 g/mol. The van der Waals surface area contributed by atoms with Gasteiger partial charge in [0.05, 0.1) is 12.2 Å². The van der Waals surface area contributed by atoms with Crippen LogP contribution < -0.4 is 4.74 Å². The Morgan fingerprint density at radius 2 is 1.80 bits per heavy atom. The minimum atomic E-state index is -1.10. The lowest BCUT2D eigenvalue weighted by atomic mass is 10.1. The molecule has 2 unspecified atom stereocenters. The van der Waals surface area contributed by atoms with Crippen molar-refractivity contribution in [1.29, 1.82) is 0 Å². The van der Waals surface area contributed by atoms with E-state index in [0.29, 0.717) is 28.1 Å². The largest absolute Gasteiger partial charge is 0.484 e. The number of nitrogens with zero attached hydrogens (tertiary/aromatic N) is 2. The smallest absolute Gasteiger partial charge is 0.411 e. The summed E-state index contributed by atoms with van der Waals surface area (Å²) >= 11 is 0. The van der Waals surface area contributed by atoms with Crippen molar-refractivity contribution >= 4 is 34.1 Å². The standard InChI is InChI=1S/C27H26N2O6/c1-27(2,3)35-26(32)29-15-17(13-20(29)25(30)31)33-22-14-19(16-9-5-4-6-10-16)28-23-18-11-7-8-12-21(18)34-24(22)23/h4-12,14,17,20H,13,15H2,1-3H3,(H,30,31). The van der Waals surface area contributed by atoms with Gasteiger partial charge in [-0.2, -0.15) is 0 Å². The van der Waals surface area contributed by atoms with Crippen LogP contribution in [-0.4, -0.2) is 51.3 Å². The van der Waals surface area contributed by atoms with E-state index in [4.69, 9.17) is 18.9 Å². The van der Waals surface area contributed by atoms with Crippen molar-refractivity contribution in [2.75, 3.05) is 6.54 Å². The number of hydrogen-bond donors (Lipinski definition) is 1. The van der Waals surface area contributed by atoms with E-state index in [9.17, 15) is 14.7 Å². The first-order valence-corrected chi connectivity index (χ1v) is 11.5. The summed E-state index contributed by atoms with van der Waals surface area (Å²) in [6.45, 7) is 5.30. The first-order valence-electron chi connectivity index (χ1n) is 11.5. The fourth-order valence-electron chi connectivity index (χ4n) is 4.32. The van der Waals surface area contributed by atoms with Gasteiger partial charge in [-0.15, -0.1) is 0 Å². The third-order valence-electron chi connectivity index (χ3n) is 5.83. The Morgan fingerprint density at radius 3 is 2.51 bits per heavy atom. The number of benzene rings is 2. The van der Waals surface area contributed by atoms with Gasteiger partial charge in [-0.3, -0.25) is 4.90 Å². The van der Waals surface area contributed by atoms with E-state index in [-0.39, 0.29) is 13.0 Å². The number of rotatable bonds is 4. The molecule has 1 amide bonds. The number of aromatic nitrogens is 1. The number of carboxylic acids is 1. The number of para-hydroxylation sites is 1. The predicted octanol–water partition coefficient (Wildman–Crippen LogP) is 5.49. The number of pyridine rings is 1. The van der Waals surface area contributed by atoms with Gasteiger partial charge in [-0.05, 0) is 32.9 Å². The summed E-state index contributed by atoms with van der Waals surface area (Å²) in [5.41, 5.74) is 2.69. The van der Waals surface area contributed by atoms with E-state index >= 15 is 0 Å². The van der Waals surface area contributed by atoms with Crippen molar-refractivity contribution in [1.82, 2.24) is 9.88 Å². The lowest BCUT2D eigenvalue weighted by Gasteiger charge is -2.26. The molecule has 4 aromatic rings. The van der Waals surface area contributed by atoms with Gasteiger partial charge in [0, 0.05) is 23.4 Å². The number of hydrogen-bond acceptors (Lipinski definition) is 6. The average molecular weight is 475 g/mol. The molecular weight excluding hydrogens is 448 g/mol. The zero-order valence-electron chi connectivity index (χ0n) is 19.7. The number of amides is 1. The summed E-state index contributed by atoms with van der Waals surface area (Å²) < 4.78 is 17.8. The maximum atomic E-state index is 12.7. The number of carboxylic acid groups (broad SMARTS) is 1. The van der Waals surface area contributed by atoms with Crippen LogP contribution in [0.3, 0.4) is 0 Å². The Bertz CT molecular complexity index is 1410. The van der Waals surface area contributed by atoms with Gasteiger partial charge in [0.25, 0.3) is 0 Å². The second kappa shape index (κ2) is 8.61. The summed E-state index contributed by atoms with van der Waals surface area (Å²) in [6, 6.07) is 18.1. The third kappa shape index (κ3) is 4.51. The number of carbonyl (C=O) groups excluding carboxylic acids is 1. The number of aliphatic carboxylic acids is 1. The second-order valence-electron chi connectivity index (χ2n) is 9.61. The van der Waals surface area contributed by atoms with Crippen molar-refractivity contribution in [3.05, 3.63) is 60.7 Å². The fraction of sp³-hybridized carbons (Fsp3) is 0.296. The minimum absolute atomic E-state index is 0.0800. The molecule has 8 heteroatoms. The molecule has 0 saturated carbocycles. The van der Waals surface area contributed by atoms with Gasteiger partial charge < -0.3 is 19.0 Å². The molecule has 1 aliphatic rings. The lowest BCUT2D eigenvalue weighted by molar-refractivity contribution is -0.142. The molecule has 3 heterocycles. The summed E-state index contributed by atoms with van der Waals surface area (Å²) in [6.07, 6.45) is -1.12. The molecule has 2 atom stereocenters. The molecular formula is C27H26N2O6. The van der Waals surface area contributed by atoms with E-state index < -0.39 is 29.8 Å². The predicted molar refractivity (Wildman–Crippen MR) is 130 cm³/mol. The van der Waals surface area contributed by atoms with Crippen LogP contribution in [0, 0.1) is 0 Å². The minimum Gasteiger partial charge on any atom is -0.484 e. The number of likely N-dealkylation sites (tertiary alicyclic amines) is 1. The molecule has 5 rings (SSSR count). The topological polar surface area (TPSA) is 102 Å². The average Bonchev–Trinajstić information content (AvgIpc) is 3.41. The van der Waals surface area contributed by atoms with Crippen LogP contribution in [-0.2, 0) is 9.53 Å². The Balaban J connectivity index is 1.53. The normalized spacial score (nSPS) is 18.2. The number of carbonyl (C=O) groups is 2. The zero-order valence-corrected chi connectivity index (χ0v) is 19.7. The number of fused-ring (bicyclic) bond motifs is 3. The van der Waals surface area contributed by atoms with Gasteiger partial charge in [0.15, 0.2) is 11.3 Å². The SMILES string of the molecule is CC(C)(C)OC(=O)N1CC(Oc2cc(-c3ccccc3)nc3c2oc2ccccc23)CC1C(=O)O. The summed E-state index contributed by atoms with van der Waals surface area (Å²) in [4.78, 5) is 30.7. The van der Waals surface area contributed by atoms with Crippen LogP contribution in [0.2, 0.25) is 0 Å². The molecule has 180 valence electrons. The van der Waals surface area contributed by atoms with Crippen LogP contribution in [0.5, 0.6) is 5.75 Å². The van der Waals surface area contributed by atoms with Crippen molar-refractivity contribution in [3.8, 4) is 17.0 Å². The molecule has 35 heavy (non-hydrogen) atoms. The first kappa shape index (κ1) is 22.7. The van der Waals surface area contributed by atoms with Gasteiger partial charge in [-0.25, -0.2) is 14.6 Å². The van der Waals surface area contributed by atoms with Crippen LogP contribution in [0.1, 0.15) is 27.2 Å². The number of furan rings is 1. The van der Waals surface area contributed by atoms with E-state index in [1.165, 1.54) is 4.90 Å². The second-order valence-corrected chi connectivity index (χ2v) is 9.61. The van der Waals surface area contributed by atoms with E-state index in [2.05, 4.69) is 0 Å². The third-order valence-corrected chi connectivity index (χ3v) is 5.83. The van der Waals surface area contributed by atoms with Crippen molar-refractivity contribution in [2.45, 2.75) is 44.9 Å². The van der Waals surface area contributed by atoms with Gasteiger partial charge in [0.2, 0.25) is 0 Å². The van der Waals surface area contributed by atoms with Gasteiger partial charge >= 0.3 is 12.1 Å². The molecule has 2 aromatic carbocycles. The van der Waals surface area contributed by atoms with Crippen LogP contribution in [0.25, 0.3) is 33.3 Å². The highest BCUT2D eigenvalue weighted by Gasteiger charge is 2.43. The fourth-order valence-corrected chi connectivity index (χ4v) is 4.32. The van der Waals surface area contributed by atoms with Crippen molar-refractivity contribution in [2.24, 2.45) is 0 Å². The molecule has 1 aliphatic heterocycles. The molecule has 2 aromatic heterocycles. The zero-order chi connectivity index (χ0) is 24.7. The van der Waals surface area contributed by atoms with Crippen LogP contribution >= 0.6 is 0 Å². The molecule has 8 nitrogen and oxygen atoms in total. The lowest BCUT2D eigenvalue weighted by Crippen LogP contribution is -2.43. The Kier molecular flexibility index (Phi) is 5.59. The summed E-state index contributed by atoms with van der Waals surface area (Å²) in [7, 11) is 0. The highest BCUT2D eigenvalue weighted by molar-refractivity contribution is 6.05. The van der Waals surface area contributed by atoms with E-state index in [1.807, 2.05) is 54.6 Å². The van der Waals surface area contributed by atoms with Crippen LogP contribution in [0.4, 0.5) is 4.79 Å². The quantitative estimate of drug-likeness (QED) is 0.417. The Morgan fingerprint density at radius 1 is 1.09 bits per heavy atom. The summed E-state index contributed by atoms with van der Waals surface area (Å²) in [5, 5.41) is 10.6. The highest BCUT2D eigenvalue weighted by Crippen LogP contribution is 2.38. The number of ether oxygens (including phenoxy) is 2. The molecule has 0 aliphatic carbocycles. The molecule has 1 saturated heterocycles. The molecule has 1 N–H and O–H groups in total. The van der Waals surface area contributed by atoms with E-state index in [1.54, 1.807) is 26.8 Å².